The Morgan fingerprint density at radius 1 is 1.09 bits per heavy atom. The van der Waals surface area contributed by atoms with E-state index in [1.54, 1.807) is 0 Å². The van der Waals surface area contributed by atoms with E-state index >= 15 is 0 Å². The molecule has 1 aliphatic heterocycles. The summed E-state index contributed by atoms with van der Waals surface area (Å²) >= 11 is 3.58. The number of nitriles is 1. The first-order valence-corrected chi connectivity index (χ1v) is 12.9. The van der Waals surface area contributed by atoms with Crippen molar-refractivity contribution in [2.75, 3.05) is 19.6 Å². The second kappa shape index (κ2) is 9.54. The van der Waals surface area contributed by atoms with E-state index in [0.717, 1.165) is 42.1 Å². The van der Waals surface area contributed by atoms with Crippen LogP contribution in [-0.4, -0.2) is 24.1 Å². The Morgan fingerprint density at radius 3 is 2.31 bits per heavy atom. The summed E-state index contributed by atoms with van der Waals surface area (Å²) in [7, 11) is 0. The number of quaternary nitrogens is 1. The molecule has 0 N–H and O–H groups in total. The van der Waals surface area contributed by atoms with Gasteiger partial charge in [0.1, 0.15) is 6.54 Å². The number of allylic oxidation sites excluding steroid dienone is 1. The number of hydrogen-bond acceptors (Lipinski definition) is 1. The molecular weight excluding hydrogens is 456 g/mol. The number of halogens is 1. The van der Waals surface area contributed by atoms with Gasteiger partial charge >= 0.3 is 0 Å². The third kappa shape index (κ3) is 4.87. The van der Waals surface area contributed by atoms with Gasteiger partial charge in [-0.2, -0.15) is 5.26 Å². The second-order valence-electron chi connectivity index (χ2n) is 10.4. The number of fused-ring (bicyclic) bond motifs is 1. The Morgan fingerprint density at radius 2 is 1.75 bits per heavy atom. The maximum absolute atomic E-state index is 10.2. The number of benzene rings is 2. The lowest BCUT2D eigenvalue weighted by Crippen LogP contribution is -2.48. The zero-order valence-corrected chi connectivity index (χ0v) is 21.3. The van der Waals surface area contributed by atoms with E-state index in [4.69, 9.17) is 0 Å². The van der Waals surface area contributed by atoms with Crippen molar-refractivity contribution in [2.24, 2.45) is 17.8 Å². The van der Waals surface area contributed by atoms with Crippen LogP contribution in [0.5, 0.6) is 0 Å². The Hall–Kier alpha value is -1.89. The molecule has 0 spiro atoms. The van der Waals surface area contributed by atoms with Gasteiger partial charge in [0.2, 0.25) is 0 Å². The van der Waals surface area contributed by atoms with Gasteiger partial charge in [-0.3, -0.25) is 0 Å². The molecule has 4 rings (SSSR count). The first kappa shape index (κ1) is 23.3. The zero-order chi connectivity index (χ0) is 22.8. The van der Waals surface area contributed by atoms with Crippen LogP contribution in [0.1, 0.15) is 51.2 Å². The minimum atomic E-state index is -0.334. The van der Waals surface area contributed by atoms with Gasteiger partial charge in [0.15, 0.2) is 0 Å². The van der Waals surface area contributed by atoms with E-state index in [0.29, 0.717) is 5.92 Å². The molecule has 1 aliphatic carbocycles. The van der Waals surface area contributed by atoms with E-state index in [9.17, 15) is 5.26 Å². The van der Waals surface area contributed by atoms with Crippen molar-refractivity contribution in [1.82, 2.24) is 0 Å². The summed E-state index contributed by atoms with van der Waals surface area (Å²) in [6.45, 7) is 11.5. The zero-order valence-electron chi connectivity index (χ0n) is 19.7. The molecule has 3 unspecified atom stereocenters. The van der Waals surface area contributed by atoms with Gasteiger partial charge in [-0.15, -0.1) is 0 Å². The summed E-state index contributed by atoms with van der Waals surface area (Å²) in [5.74, 6) is 2.26. The minimum absolute atomic E-state index is 0.334. The predicted molar refractivity (Wildman–Crippen MR) is 136 cm³/mol. The van der Waals surface area contributed by atoms with E-state index in [1.165, 1.54) is 40.8 Å². The molecule has 0 bridgehead atoms. The average molecular weight is 493 g/mol. The van der Waals surface area contributed by atoms with Crippen molar-refractivity contribution in [3.05, 3.63) is 81.8 Å². The quantitative estimate of drug-likeness (QED) is 0.267. The van der Waals surface area contributed by atoms with Crippen LogP contribution in [-0.2, 0) is 12.0 Å². The van der Waals surface area contributed by atoms with Crippen LogP contribution < -0.4 is 0 Å². The maximum atomic E-state index is 10.2. The molecule has 3 heteroatoms. The summed E-state index contributed by atoms with van der Waals surface area (Å²) in [5.41, 5.74) is 3.72. The Labute approximate surface area is 202 Å². The highest BCUT2D eigenvalue weighted by atomic mass is 79.9. The molecule has 168 valence electrons. The monoisotopic (exact) mass is 491 g/mol. The fourth-order valence-electron chi connectivity index (χ4n) is 6.15. The van der Waals surface area contributed by atoms with Crippen LogP contribution in [0, 0.1) is 29.1 Å². The topological polar surface area (TPSA) is 23.8 Å². The first-order chi connectivity index (χ1) is 15.4. The van der Waals surface area contributed by atoms with Crippen molar-refractivity contribution in [2.45, 2.75) is 52.0 Å². The average Bonchev–Trinajstić information content (AvgIpc) is 3.24. The van der Waals surface area contributed by atoms with Crippen LogP contribution in [0.25, 0.3) is 0 Å². The van der Waals surface area contributed by atoms with E-state index in [-0.39, 0.29) is 5.41 Å². The maximum Gasteiger partial charge on any atom is 0.104 e. The molecular formula is C29H36BrN2+. The standard InChI is InChI=1S/C29H36BrN2/c1-4-29(21-31,24-10-6-5-7-11-24)17-26-27-19-32(20-28(26)27,16-8-9-22(2)3)18-23-12-14-25(30)15-13-23/h5-7,9-15,26-28H,4,8,16-20H2,1-3H3/q+1. The highest BCUT2D eigenvalue weighted by molar-refractivity contribution is 9.10. The van der Waals surface area contributed by atoms with E-state index in [2.05, 4.69) is 97.4 Å². The van der Waals surface area contributed by atoms with E-state index in [1.807, 2.05) is 6.07 Å². The summed E-state index contributed by atoms with van der Waals surface area (Å²) in [6.07, 6.45) is 5.47. The molecule has 0 radical (unpaired) electrons. The van der Waals surface area contributed by atoms with Gasteiger partial charge in [-0.1, -0.05) is 77.0 Å². The summed E-state index contributed by atoms with van der Waals surface area (Å²) in [6, 6.07) is 22.1. The van der Waals surface area contributed by atoms with Gasteiger partial charge in [0.05, 0.1) is 31.1 Å². The second-order valence-corrected chi connectivity index (χ2v) is 11.3. The molecule has 2 aromatic rings. The van der Waals surface area contributed by atoms with Gasteiger partial charge in [-0.05, 0) is 50.3 Å². The molecule has 2 aliphatic rings. The number of nitrogens with zero attached hydrogens (tertiary/aromatic N) is 2. The van der Waals surface area contributed by atoms with Gasteiger partial charge in [-0.25, -0.2) is 0 Å². The molecule has 2 aromatic carbocycles. The molecule has 1 heterocycles. The normalized spacial score (nSPS) is 27.8. The van der Waals surface area contributed by atoms with Gasteiger partial charge < -0.3 is 4.48 Å². The van der Waals surface area contributed by atoms with Crippen molar-refractivity contribution in [1.29, 1.82) is 5.26 Å². The fraction of sp³-hybridized carbons (Fsp3) is 0.483. The van der Waals surface area contributed by atoms with E-state index < -0.39 is 0 Å². The highest BCUT2D eigenvalue weighted by Crippen LogP contribution is 2.59. The van der Waals surface area contributed by atoms with Crippen molar-refractivity contribution >= 4 is 15.9 Å². The number of piperidine rings is 1. The lowest BCUT2D eigenvalue weighted by atomic mass is 9.74. The molecule has 32 heavy (non-hydrogen) atoms. The van der Waals surface area contributed by atoms with Crippen LogP contribution in [0.4, 0.5) is 0 Å². The van der Waals surface area contributed by atoms with Crippen molar-refractivity contribution in [3.63, 3.8) is 0 Å². The largest absolute Gasteiger partial charge is 0.319 e. The van der Waals surface area contributed by atoms with Crippen LogP contribution in [0.2, 0.25) is 0 Å². The molecule has 2 fully saturated rings. The van der Waals surface area contributed by atoms with Crippen molar-refractivity contribution in [3.8, 4) is 6.07 Å². The Bertz CT molecular complexity index is 972. The predicted octanol–water partition coefficient (Wildman–Crippen LogP) is 7.26. The highest BCUT2D eigenvalue weighted by Gasteiger charge is 2.63. The third-order valence-corrected chi connectivity index (χ3v) is 8.55. The van der Waals surface area contributed by atoms with Gasteiger partial charge in [0, 0.05) is 28.3 Å². The summed E-state index contributed by atoms with van der Waals surface area (Å²) in [4.78, 5) is 0. The lowest BCUT2D eigenvalue weighted by molar-refractivity contribution is -0.934. The molecule has 2 nitrogen and oxygen atoms in total. The third-order valence-electron chi connectivity index (χ3n) is 8.02. The number of rotatable bonds is 9. The van der Waals surface area contributed by atoms with Crippen molar-refractivity contribution < 1.29 is 4.48 Å². The van der Waals surface area contributed by atoms with Crippen LogP contribution >= 0.6 is 15.9 Å². The SMILES string of the molecule is CCC(C#N)(CC1C2C[N+](CCC=C(C)C)(Cc3ccc(Br)cc3)CC12)c1ccccc1. The molecule has 1 saturated heterocycles. The summed E-state index contributed by atoms with van der Waals surface area (Å²) < 4.78 is 2.35. The Balaban J connectivity index is 1.48. The lowest BCUT2D eigenvalue weighted by Gasteiger charge is -2.37. The molecule has 1 saturated carbocycles. The molecule has 3 atom stereocenters. The summed E-state index contributed by atoms with van der Waals surface area (Å²) in [5, 5.41) is 10.2. The van der Waals surface area contributed by atoms with Crippen LogP contribution in [0.15, 0.2) is 70.7 Å². The number of hydrogen-bond donors (Lipinski definition) is 0. The fourth-order valence-corrected chi connectivity index (χ4v) is 6.41. The number of likely N-dealkylation sites (tertiary alicyclic amines) is 1. The van der Waals surface area contributed by atoms with Gasteiger partial charge in [0.25, 0.3) is 0 Å². The first-order valence-electron chi connectivity index (χ1n) is 12.1. The smallest absolute Gasteiger partial charge is 0.104 e. The minimum Gasteiger partial charge on any atom is -0.319 e. The molecule has 0 aromatic heterocycles. The van der Waals surface area contributed by atoms with Crippen LogP contribution in [0.3, 0.4) is 0 Å². The molecule has 0 amide bonds. The Kier molecular flexibility index (Phi) is 6.94.